The van der Waals surface area contributed by atoms with Crippen LogP contribution < -0.4 is 11.5 Å². The van der Waals surface area contributed by atoms with Crippen molar-refractivity contribution in [3.63, 3.8) is 0 Å². The Labute approximate surface area is 52.8 Å². The number of rotatable bonds is 3. The molecule has 0 heterocycles. The van der Waals surface area contributed by atoms with Gasteiger partial charge in [0.1, 0.15) is 0 Å². The molecule has 0 aliphatic rings. The van der Waals surface area contributed by atoms with Gasteiger partial charge in [0.2, 0.25) is 0 Å². The van der Waals surface area contributed by atoms with Crippen LogP contribution in [0.1, 0.15) is 0 Å². The zero-order valence-corrected chi connectivity index (χ0v) is 5.49. The van der Waals surface area contributed by atoms with Gasteiger partial charge in [-0.3, -0.25) is 10.5 Å². The summed E-state index contributed by atoms with van der Waals surface area (Å²) in [6, 6.07) is -0.593. The van der Waals surface area contributed by atoms with Crippen molar-refractivity contribution in [3.05, 3.63) is 0 Å². The Morgan fingerprint density at radius 3 is 2.62 bits per heavy atom. The largest absolute Gasteiger partial charge is 0.319 e. The fraction of sp³-hybridized carbons (Fsp3) is 0.750. The van der Waals surface area contributed by atoms with Gasteiger partial charge in [0.25, 0.3) is 5.91 Å². The predicted octanol–water partition coefficient (Wildman–Crippen LogP) is -0.514. The highest BCUT2D eigenvalue weighted by Gasteiger charge is 2.06. The summed E-state index contributed by atoms with van der Waals surface area (Å²) in [5.74, 6) is -0.137. The molecule has 0 aromatic carbocycles. The second kappa shape index (κ2) is 3.74. The first-order valence-corrected chi connectivity index (χ1v) is 3.58. The van der Waals surface area contributed by atoms with Crippen LogP contribution in [-0.2, 0) is 4.79 Å². The van der Waals surface area contributed by atoms with Crippen LogP contribution in [-0.4, -0.2) is 24.0 Å². The minimum absolute atomic E-state index is 0.544. The van der Waals surface area contributed by atoms with Gasteiger partial charge in [-0.1, -0.05) is 0 Å². The van der Waals surface area contributed by atoms with Crippen LogP contribution in [0.5, 0.6) is 0 Å². The summed E-state index contributed by atoms with van der Waals surface area (Å²) in [6.45, 7) is 0. The maximum atomic E-state index is 10.1. The van der Waals surface area contributed by atoms with Crippen molar-refractivity contribution in [2.24, 2.45) is 5.73 Å². The van der Waals surface area contributed by atoms with E-state index in [9.17, 15) is 4.79 Å². The second-order valence-corrected chi connectivity index (χ2v) is 2.34. The summed E-state index contributed by atoms with van der Waals surface area (Å²) in [6.07, 6.45) is 1.85. The van der Waals surface area contributed by atoms with E-state index in [2.05, 4.69) is 0 Å². The molecule has 3 nitrogen and oxygen atoms in total. The van der Waals surface area contributed by atoms with Crippen LogP contribution in [0.15, 0.2) is 0 Å². The van der Waals surface area contributed by atoms with E-state index in [-0.39, 0.29) is 0 Å². The molecule has 0 saturated carbocycles. The van der Waals surface area contributed by atoms with E-state index in [1.807, 2.05) is 6.26 Å². The van der Waals surface area contributed by atoms with Crippen molar-refractivity contribution in [3.8, 4) is 0 Å². The molecule has 0 aromatic heterocycles. The third-order valence-electron chi connectivity index (χ3n) is 0.683. The average molecular weight is 133 g/mol. The molecule has 47 valence electrons. The maximum absolute atomic E-state index is 10.1. The van der Waals surface area contributed by atoms with Crippen molar-refractivity contribution in [2.75, 3.05) is 12.0 Å². The summed E-state index contributed by atoms with van der Waals surface area (Å²) in [5.41, 5.74) is 11.7. The van der Waals surface area contributed by atoms with Gasteiger partial charge in [-0.15, -0.1) is 0 Å². The minimum Gasteiger partial charge on any atom is -0.319 e. The number of hydrogen-bond acceptors (Lipinski definition) is 3. The highest BCUT2D eigenvalue weighted by Crippen LogP contribution is 1.92. The van der Waals surface area contributed by atoms with Gasteiger partial charge in [-0.25, -0.2) is 0 Å². The van der Waals surface area contributed by atoms with Gasteiger partial charge in [-0.05, 0) is 6.26 Å². The Morgan fingerprint density at radius 1 is 2.00 bits per heavy atom. The smallest absolute Gasteiger partial charge is 0.256 e. The van der Waals surface area contributed by atoms with E-state index in [1.165, 1.54) is 11.8 Å². The summed E-state index contributed by atoms with van der Waals surface area (Å²) in [7, 11) is 0. The van der Waals surface area contributed by atoms with E-state index in [4.69, 9.17) is 11.5 Å². The lowest BCUT2D eigenvalue weighted by molar-refractivity contribution is -0.119. The van der Waals surface area contributed by atoms with Crippen LogP contribution in [0.4, 0.5) is 0 Å². The minimum atomic E-state index is -0.681. The van der Waals surface area contributed by atoms with Crippen LogP contribution in [0.2, 0.25) is 0 Å². The quantitative estimate of drug-likeness (QED) is 0.563. The summed E-state index contributed by atoms with van der Waals surface area (Å²) in [4.78, 5) is 10.1. The van der Waals surface area contributed by atoms with E-state index in [0.29, 0.717) is 5.75 Å². The standard InChI is InChI=1S/C4H9N2OS/c1-8-2-3(5)4(6)7/h3,6H,2,5H2,1H3. The molecule has 0 aliphatic carbocycles. The Morgan fingerprint density at radius 2 is 2.50 bits per heavy atom. The van der Waals surface area contributed by atoms with Crippen molar-refractivity contribution in [1.82, 2.24) is 5.73 Å². The molecule has 0 spiro atoms. The molecular formula is C4H9N2OS. The Kier molecular flexibility index (Phi) is 3.64. The number of hydrogen-bond donors (Lipinski definition) is 1. The molecule has 0 rings (SSSR count). The number of carbonyl (C=O) groups excluding carboxylic acids is 1. The summed E-state index contributed by atoms with van der Waals surface area (Å²) >= 11 is 1.47. The number of nitrogens with one attached hydrogen (secondary N) is 1. The fourth-order valence-electron chi connectivity index (χ4n) is 0.255. The maximum Gasteiger partial charge on any atom is 0.256 e. The average Bonchev–Trinajstić information content (AvgIpc) is 1.67. The predicted molar refractivity (Wildman–Crippen MR) is 34.5 cm³/mol. The molecule has 0 saturated heterocycles. The van der Waals surface area contributed by atoms with E-state index in [0.717, 1.165) is 0 Å². The van der Waals surface area contributed by atoms with Gasteiger partial charge in [0, 0.05) is 5.75 Å². The number of amides is 1. The van der Waals surface area contributed by atoms with Gasteiger partial charge in [0.15, 0.2) is 0 Å². The molecule has 0 aromatic rings. The van der Waals surface area contributed by atoms with Gasteiger partial charge >= 0.3 is 0 Å². The van der Waals surface area contributed by atoms with Crippen molar-refractivity contribution in [2.45, 2.75) is 6.04 Å². The third kappa shape index (κ3) is 2.87. The zero-order valence-electron chi connectivity index (χ0n) is 4.68. The van der Waals surface area contributed by atoms with Crippen molar-refractivity contribution < 1.29 is 4.79 Å². The topological polar surface area (TPSA) is 66.9 Å². The fourth-order valence-corrected chi connectivity index (χ4v) is 0.766. The van der Waals surface area contributed by atoms with Crippen molar-refractivity contribution in [1.29, 1.82) is 0 Å². The molecule has 4 heteroatoms. The molecule has 1 radical (unpaired) electrons. The molecule has 1 unspecified atom stereocenters. The first-order valence-electron chi connectivity index (χ1n) is 2.18. The molecule has 0 aliphatic heterocycles. The Hall–Kier alpha value is -0.220. The molecule has 8 heavy (non-hydrogen) atoms. The van der Waals surface area contributed by atoms with Crippen molar-refractivity contribution >= 4 is 17.7 Å². The van der Waals surface area contributed by atoms with E-state index in [1.54, 1.807) is 0 Å². The number of thioether (sulfide) groups is 1. The van der Waals surface area contributed by atoms with Gasteiger partial charge < -0.3 is 5.73 Å². The van der Waals surface area contributed by atoms with Crippen LogP contribution in [0.3, 0.4) is 0 Å². The molecule has 3 N–H and O–H groups in total. The Balaban J connectivity index is 3.32. The van der Waals surface area contributed by atoms with Crippen LogP contribution in [0.25, 0.3) is 0 Å². The number of carbonyl (C=O) groups is 1. The van der Waals surface area contributed by atoms with Gasteiger partial charge in [-0.2, -0.15) is 11.8 Å². The summed E-state index contributed by atoms with van der Waals surface area (Å²) in [5, 5.41) is 0. The molecular weight excluding hydrogens is 124 g/mol. The summed E-state index contributed by atoms with van der Waals surface area (Å²) < 4.78 is 0. The lowest BCUT2D eigenvalue weighted by Crippen LogP contribution is -2.33. The third-order valence-corrected chi connectivity index (χ3v) is 1.38. The van der Waals surface area contributed by atoms with E-state index < -0.39 is 11.9 Å². The second-order valence-electron chi connectivity index (χ2n) is 1.43. The van der Waals surface area contributed by atoms with Crippen LogP contribution >= 0.6 is 11.8 Å². The van der Waals surface area contributed by atoms with Gasteiger partial charge in [0.05, 0.1) is 6.04 Å². The highest BCUT2D eigenvalue weighted by atomic mass is 32.2. The number of nitrogens with two attached hydrogens (primary N) is 1. The molecule has 0 bridgehead atoms. The first-order chi connectivity index (χ1) is 3.68. The molecule has 1 atom stereocenters. The van der Waals surface area contributed by atoms with Crippen LogP contribution in [0, 0.1) is 0 Å². The monoisotopic (exact) mass is 133 g/mol. The first kappa shape index (κ1) is 7.78. The lowest BCUT2D eigenvalue weighted by atomic mass is 10.3. The zero-order chi connectivity index (χ0) is 6.57. The SMILES string of the molecule is CSCC(N)C([NH])=O. The normalized spacial score (nSPS) is 13.2. The van der Waals surface area contributed by atoms with E-state index >= 15 is 0 Å². The molecule has 0 fully saturated rings. The highest BCUT2D eigenvalue weighted by molar-refractivity contribution is 7.98. The Bertz CT molecular complexity index is 86.1. The lowest BCUT2D eigenvalue weighted by Gasteiger charge is -2.00. The molecule has 1 amide bonds.